The minimum Gasteiger partial charge on any atom is -0.485 e. The van der Waals surface area contributed by atoms with Crippen LogP contribution in [0.1, 0.15) is 19.8 Å². The lowest BCUT2D eigenvalue weighted by molar-refractivity contribution is -0.130. The molecule has 0 radical (unpaired) electrons. The maximum Gasteiger partial charge on any atom is 0.284 e. The smallest absolute Gasteiger partial charge is 0.284 e. The molecule has 1 heterocycles. The lowest BCUT2D eigenvalue weighted by Gasteiger charge is -2.24. The molecular weight excluding hydrogens is 256 g/mol. The van der Waals surface area contributed by atoms with Crippen LogP contribution in [-0.2, 0) is 4.79 Å². The number of hydrazone groups is 1. The minimum absolute atomic E-state index is 0.197. The van der Waals surface area contributed by atoms with Gasteiger partial charge >= 0.3 is 0 Å². The quantitative estimate of drug-likeness (QED) is 0.838. The average molecular weight is 272 g/mol. The Hall–Kier alpha value is -2.30. The molecule has 0 fully saturated rings. The summed E-state index contributed by atoms with van der Waals surface area (Å²) in [7, 11) is 0. The number of nitrogens with zero attached hydrogens (tertiary/aromatic N) is 1. The van der Waals surface area contributed by atoms with E-state index in [-0.39, 0.29) is 12.5 Å². The van der Waals surface area contributed by atoms with Crippen LogP contribution in [0.25, 0.3) is 0 Å². The van der Waals surface area contributed by atoms with E-state index >= 15 is 0 Å². The van der Waals surface area contributed by atoms with Gasteiger partial charge in [-0.15, -0.1) is 0 Å². The molecule has 0 saturated carbocycles. The van der Waals surface area contributed by atoms with Crippen LogP contribution >= 0.6 is 0 Å². The normalized spacial score (nSPS) is 22.6. The predicted molar refractivity (Wildman–Crippen MR) is 74.9 cm³/mol. The van der Waals surface area contributed by atoms with Crippen LogP contribution < -0.4 is 14.9 Å². The summed E-state index contributed by atoms with van der Waals surface area (Å²) in [6, 6.07) is 7.30. The van der Waals surface area contributed by atoms with Gasteiger partial charge in [0, 0.05) is 0 Å². The number of nitrogens with one attached hydrogen (secondary N) is 1. The summed E-state index contributed by atoms with van der Waals surface area (Å²) in [5.41, 5.74) is 4.72. The van der Waals surface area contributed by atoms with E-state index in [0.29, 0.717) is 11.5 Å². The Morgan fingerprint density at radius 3 is 2.85 bits per heavy atom. The van der Waals surface area contributed by atoms with Crippen LogP contribution in [0.2, 0.25) is 0 Å². The molecule has 0 aromatic heterocycles. The van der Waals surface area contributed by atoms with Gasteiger partial charge in [-0.3, -0.25) is 4.79 Å². The van der Waals surface area contributed by atoms with Crippen molar-refractivity contribution < 1.29 is 14.3 Å². The summed E-state index contributed by atoms with van der Waals surface area (Å²) < 4.78 is 11.1. The lowest BCUT2D eigenvalue weighted by atomic mass is 10.2. The van der Waals surface area contributed by atoms with E-state index in [1.165, 1.54) is 5.57 Å². The largest absolute Gasteiger partial charge is 0.485 e. The second-order valence-corrected chi connectivity index (χ2v) is 4.93. The zero-order chi connectivity index (χ0) is 13.9. The van der Waals surface area contributed by atoms with Gasteiger partial charge in [-0.25, -0.2) is 5.43 Å². The Kier molecular flexibility index (Phi) is 3.41. The first-order chi connectivity index (χ1) is 9.72. The number of allylic oxidation sites excluding steroid dienone is 2. The summed E-state index contributed by atoms with van der Waals surface area (Å²) >= 11 is 0. The number of fused-ring (bicyclic) bond motifs is 1. The van der Waals surface area contributed by atoms with Crippen LogP contribution in [0.15, 0.2) is 41.0 Å². The third kappa shape index (κ3) is 2.66. The van der Waals surface area contributed by atoms with Gasteiger partial charge in [0.15, 0.2) is 11.5 Å². The molecule has 0 spiro atoms. The van der Waals surface area contributed by atoms with Gasteiger partial charge in [-0.05, 0) is 38.0 Å². The molecule has 0 bridgehead atoms. The van der Waals surface area contributed by atoms with Crippen molar-refractivity contribution in [3.05, 3.63) is 35.9 Å². The second kappa shape index (κ2) is 5.36. The van der Waals surface area contributed by atoms with E-state index in [1.807, 2.05) is 24.3 Å². The molecule has 1 aliphatic carbocycles. The minimum atomic E-state index is -0.666. The van der Waals surface area contributed by atoms with Gasteiger partial charge in [-0.1, -0.05) is 17.7 Å². The van der Waals surface area contributed by atoms with Gasteiger partial charge in [0.05, 0.1) is 5.71 Å². The highest BCUT2D eigenvalue weighted by atomic mass is 16.6. The SMILES string of the molecule is CC1=CC(=NNC(=O)[C@@H]2COc3ccccc3O2)CC1. The van der Waals surface area contributed by atoms with E-state index in [0.717, 1.165) is 18.6 Å². The van der Waals surface area contributed by atoms with Crippen LogP contribution in [0.3, 0.4) is 0 Å². The van der Waals surface area contributed by atoms with Gasteiger partial charge in [0.1, 0.15) is 6.61 Å². The van der Waals surface area contributed by atoms with Gasteiger partial charge in [0.25, 0.3) is 5.91 Å². The molecule has 2 aliphatic rings. The highest BCUT2D eigenvalue weighted by Gasteiger charge is 2.27. The van der Waals surface area contributed by atoms with E-state index in [2.05, 4.69) is 17.5 Å². The number of amides is 1. The summed E-state index contributed by atoms with van der Waals surface area (Å²) in [4.78, 5) is 12.0. The molecule has 104 valence electrons. The molecule has 20 heavy (non-hydrogen) atoms. The van der Waals surface area contributed by atoms with E-state index in [1.54, 1.807) is 6.07 Å². The predicted octanol–water partition coefficient (Wildman–Crippen LogP) is 2.04. The zero-order valence-corrected chi connectivity index (χ0v) is 11.3. The maximum absolute atomic E-state index is 12.0. The fraction of sp³-hybridized carbons (Fsp3) is 0.333. The summed E-state index contributed by atoms with van der Waals surface area (Å²) in [5.74, 6) is 0.963. The first-order valence-electron chi connectivity index (χ1n) is 6.64. The average Bonchev–Trinajstić information content (AvgIpc) is 2.90. The molecule has 1 atom stereocenters. The van der Waals surface area contributed by atoms with Crippen molar-refractivity contribution >= 4 is 11.6 Å². The topological polar surface area (TPSA) is 59.9 Å². The third-order valence-corrected chi connectivity index (χ3v) is 3.30. The number of hydrogen-bond acceptors (Lipinski definition) is 4. The molecule has 1 aromatic carbocycles. The number of benzene rings is 1. The molecular formula is C15H16N2O3. The van der Waals surface area contributed by atoms with Gasteiger partial charge < -0.3 is 9.47 Å². The third-order valence-electron chi connectivity index (χ3n) is 3.30. The van der Waals surface area contributed by atoms with Crippen molar-refractivity contribution in [3.63, 3.8) is 0 Å². The van der Waals surface area contributed by atoms with E-state index in [4.69, 9.17) is 9.47 Å². The molecule has 1 amide bonds. The van der Waals surface area contributed by atoms with Gasteiger partial charge in [-0.2, -0.15) is 5.10 Å². The molecule has 3 rings (SSSR count). The Morgan fingerprint density at radius 1 is 1.30 bits per heavy atom. The first kappa shape index (κ1) is 12.7. The van der Waals surface area contributed by atoms with Crippen molar-refractivity contribution in [2.75, 3.05) is 6.61 Å². The highest BCUT2D eigenvalue weighted by molar-refractivity contribution is 5.98. The van der Waals surface area contributed by atoms with Crippen LogP contribution in [0.5, 0.6) is 11.5 Å². The summed E-state index contributed by atoms with van der Waals surface area (Å²) in [6.07, 6.45) is 3.20. The number of carbonyl (C=O) groups is 1. The van der Waals surface area contributed by atoms with Crippen molar-refractivity contribution in [3.8, 4) is 11.5 Å². The summed E-state index contributed by atoms with van der Waals surface area (Å²) in [5, 5.41) is 4.11. The molecule has 5 heteroatoms. The van der Waals surface area contributed by atoms with Gasteiger partial charge in [0.2, 0.25) is 6.10 Å². The number of rotatable bonds is 2. The van der Waals surface area contributed by atoms with Crippen LogP contribution in [0.4, 0.5) is 0 Å². The highest BCUT2D eigenvalue weighted by Crippen LogP contribution is 2.30. The lowest BCUT2D eigenvalue weighted by Crippen LogP contribution is -2.42. The van der Waals surface area contributed by atoms with E-state index in [9.17, 15) is 4.79 Å². The molecule has 5 nitrogen and oxygen atoms in total. The standard InChI is InChI=1S/C15H16N2O3/c1-10-6-7-11(8-10)16-17-15(18)14-9-19-12-4-2-3-5-13(12)20-14/h2-5,8,14H,6-7,9H2,1H3,(H,17,18)/t14-/m0/s1. The molecule has 1 aliphatic heterocycles. The number of ether oxygens (including phenoxy) is 2. The molecule has 1 aromatic rings. The fourth-order valence-electron chi connectivity index (χ4n) is 2.19. The first-order valence-corrected chi connectivity index (χ1v) is 6.64. The fourth-order valence-corrected chi connectivity index (χ4v) is 2.19. The van der Waals surface area contributed by atoms with Crippen LogP contribution in [-0.4, -0.2) is 24.3 Å². The Balaban J connectivity index is 1.62. The summed E-state index contributed by atoms with van der Waals surface area (Å²) in [6.45, 7) is 2.25. The Bertz CT molecular complexity index is 593. The molecule has 0 saturated heterocycles. The van der Waals surface area contributed by atoms with Crippen molar-refractivity contribution in [2.45, 2.75) is 25.9 Å². The van der Waals surface area contributed by atoms with Crippen molar-refractivity contribution in [2.24, 2.45) is 5.10 Å². The Labute approximate surface area is 117 Å². The second-order valence-electron chi connectivity index (χ2n) is 4.93. The monoisotopic (exact) mass is 272 g/mol. The number of hydrogen-bond donors (Lipinski definition) is 1. The van der Waals surface area contributed by atoms with Crippen molar-refractivity contribution in [1.29, 1.82) is 0 Å². The van der Waals surface area contributed by atoms with Crippen molar-refractivity contribution in [1.82, 2.24) is 5.43 Å². The Morgan fingerprint density at radius 2 is 2.10 bits per heavy atom. The number of para-hydroxylation sites is 2. The number of carbonyl (C=O) groups excluding carboxylic acids is 1. The molecule has 1 N–H and O–H groups in total. The van der Waals surface area contributed by atoms with Crippen LogP contribution in [0, 0.1) is 0 Å². The zero-order valence-electron chi connectivity index (χ0n) is 11.3. The molecule has 0 unspecified atom stereocenters. The van der Waals surface area contributed by atoms with E-state index < -0.39 is 6.10 Å². The maximum atomic E-state index is 12.0.